The zero-order valence-corrected chi connectivity index (χ0v) is 11.8. The SMILES string of the molecule is CCn1nc(C)c(Br)c1CNC1(C(F)(F)F)CC1. The fourth-order valence-corrected chi connectivity index (χ4v) is 2.40. The second kappa shape index (κ2) is 4.52. The summed E-state index contributed by atoms with van der Waals surface area (Å²) in [6.45, 7) is 4.56. The lowest BCUT2D eigenvalue weighted by molar-refractivity contribution is -0.166. The lowest BCUT2D eigenvalue weighted by Crippen LogP contribution is -2.44. The second-order valence-electron chi connectivity index (χ2n) is 4.60. The van der Waals surface area contributed by atoms with Crippen molar-refractivity contribution in [2.24, 2.45) is 0 Å². The molecule has 3 nitrogen and oxygen atoms in total. The Labute approximate surface area is 112 Å². The topological polar surface area (TPSA) is 29.9 Å². The molecule has 0 saturated heterocycles. The van der Waals surface area contributed by atoms with Crippen LogP contribution in [-0.4, -0.2) is 21.5 Å². The van der Waals surface area contributed by atoms with E-state index in [1.807, 2.05) is 13.8 Å². The number of aryl methyl sites for hydroxylation is 2. The van der Waals surface area contributed by atoms with Gasteiger partial charge in [-0.2, -0.15) is 18.3 Å². The largest absolute Gasteiger partial charge is 0.406 e. The van der Waals surface area contributed by atoms with Crippen LogP contribution in [0.1, 0.15) is 31.2 Å². The average Bonchev–Trinajstić information content (AvgIpc) is 3.02. The van der Waals surface area contributed by atoms with Gasteiger partial charge in [0.05, 0.1) is 15.9 Å². The number of aromatic nitrogens is 2. The summed E-state index contributed by atoms with van der Waals surface area (Å²) in [5.74, 6) is 0. The highest BCUT2D eigenvalue weighted by atomic mass is 79.9. The third kappa shape index (κ3) is 2.30. The number of alkyl halides is 3. The number of hydrogen-bond acceptors (Lipinski definition) is 2. The summed E-state index contributed by atoms with van der Waals surface area (Å²) in [6.07, 6.45) is -3.85. The molecule has 102 valence electrons. The Balaban J connectivity index is 2.12. The molecule has 2 rings (SSSR count). The Morgan fingerprint density at radius 1 is 1.44 bits per heavy atom. The molecule has 1 aromatic rings. The van der Waals surface area contributed by atoms with Gasteiger partial charge in [0.15, 0.2) is 0 Å². The van der Waals surface area contributed by atoms with Crippen LogP contribution < -0.4 is 5.32 Å². The first-order valence-electron chi connectivity index (χ1n) is 5.84. The Morgan fingerprint density at radius 2 is 2.06 bits per heavy atom. The van der Waals surface area contributed by atoms with Crippen LogP contribution in [0.2, 0.25) is 0 Å². The number of hydrogen-bond donors (Lipinski definition) is 1. The maximum Gasteiger partial charge on any atom is 0.406 e. The molecule has 1 heterocycles. The molecule has 18 heavy (non-hydrogen) atoms. The molecule has 1 fully saturated rings. The molecule has 0 bridgehead atoms. The summed E-state index contributed by atoms with van der Waals surface area (Å²) in [5, 5.41) is 6.90. The van der Waals surface area contributed by atoms with Crippen LogP contribution in [0.3, 0.4) is 0 Å². The van der Waals surface area contributed by atoms with E-state index in [-0.39, 0.29) is 19.4 Å². The van der Waals surface area contributed by atoms with E-state index in [2.05, 4.69) is 26.3 Å². The molecule has 0 unspecified atom stereocenters. The molecule has 1 aromatic heterocycles. The Morgan fingerprint density at radius 3 is 2.50 bits per heavy atom. The van der Waals surface area contributed by atoms with E-state index in [9.17, 15) is 13.2 Å². The summed E-state index contributed by atoms with van der Waals surface area (Å²) >= 11 is 3.38. The van der Waals surface area contributed by atoms with Gasteiger partial charge in [-0.25, -0.2) is 0 Å². The van der Waals surface area contributed by atoms with Crippen LogP contribution in [0.4, 0.5) is 13.2 Å². The Kier molecular flexibility index (Phi) is 3.48. The van der Waals surface area contributed by atoms with Crippen molar-refractivity contribution in [3.63, 3.8) is 0 Å². The van der Waals surface area contributed by atoms with Crippen molar-refractivity contribution >= 4 is 15.9 Å². The van der Waals surface area contributed by atoms with Crippen molar-refractivity contribution in [1.29, 1.82) is 0 Å². The average molecular weight is 326 g/mol. The molecule has 1 saturated carbocycles. The minimum absolute atomic E-state index is 0.160. The van der Waals surface area contributed by atoms with Crippen LogP contribution in [0.15, 0.2) is 4.47 Å². The van der Waals surface area contributed by atoms with E-state index < -0.39 is 11.7 Å². The first kappa shape index (κ1) is 13.9. The highest BCUT2D eigenvalue weighted by Gasteiger charge is 2.63. The monoisotopic (exact) mass is 325 g/mol. The molecule has 1 N–H and O–H groups in total. The van der Waals surface area contributed by atoms with Crippen molar-refractivity contribution < 1.29 is 13.2 Å². The van der Waals surface area contributed by atoms with E-state index in [1.165, 1.54) is 0 Å². The quantitative estimate of drug-likeness (QED) is 0.921. The molecule has 7 heteroatoms. The number of rotatable bonds is 4. The highest BCUT2D eigenvalue weighted by Crippen LogP contribution is 2.49. The van der Waals surface area contributed by atoms with Crippen LogP contribution >= 0.6 is 15.9 Å². The molecule has 0 amide bonds. The predicted octanol–water partition coefficient (Wildman–Crippen LogP) is 3.16. The van der Waals surface area contributed by atoms with Crippen LogP contribution in [0, 0.1) is 6.92 Å². The number of nitrogens with one attached hydrogen (secondary N) is 1. The summed E-state index contributed by atoms with van der Waals surface area (Å²) in [5.41, 5.74) is -0.112. The second-order valence-corrected chi connectivity index (χ2v) is 5.39. The molecular formula is C11H15BrF3N3. The first-order valence-corrected chi connectivity index (χ1v) is 6.63. The van der Waals surface area contributed by atoms with E-state index in [0.717, 1.165) is 15.9 Å². The van der Waals surface area contributed by atoms with Gasteiger partial charge >= 0.3 is 6.18 Å². The van der Waals surface area contributed by atoms with E-state index in [4.69, 9.17) is 0 Å². The van der Waals surface area contributed by atoms with Crippen molar-refractivity contribution in [2.45, 2.75) is 51.5 Å². The fraction of sp³-hybridized carbons (Fsp3) is 0.727. The lowest BCUT2D eigenvalue weighted by Gasteiger charge is -2.21. The minimum atomic E-state index is -4.18. The van der Waals surface area contributed by atoms with Crippen LogP contribution in [0.25, 0.3) is 0 Å². The molecular weight excluding hydrogens is 311 g/mol. The Bertz CT molecular complexity index is 449. The number of halogens is 4. The molecule has 0 radical (unpaired) electrons. The molecule has 0 aromatic carbocycles. The minimum Gasteiger partial charge on any atom is -0.298 e. The van der Waals surface area contributed by atoms with Gasteiger partial charge in [0.1, 0.15) is 5.54 Å². The molecule has 1 aliphatic carbocycles. The molecule has 0 atom stereocenters. The normalized spacial score (nSPS) is 18.1. The van der Waals surface area contributed by atoms with Gasteiger partial charge in [0.25, 0.3) is 0 Å². The summed E-state index contributed by atoms with van der Waals surface area (Å²) in [4.78, 5) is 0. The maximum atomic E-state index is 12.8. The summed E-state index contributed by atoms with van der Waals surface area (Å²) in [6, 6.07) is 0. The molecule has 1 aliphatic rings. The maximum absolute atomic E-state index is 12.8. The third-order valence-corrected chi connectivity index (χ3v) is 4.37. The van der Waals surface area contributed by atoms with Gasteiger partial charge in [-0.05, 0) is 42.6 Å². The van der Waals surface area contributed by atoms with E-state index in [1.54, 1.807) is 4.68 Å². The van der Waals surface area contributed by atoms with Crippen molar-refractivity contribution in [1.82, 2.24) is 15.1 Å². The van der Waals surface area contributed by atoms with Gasteiger partial charge in [0.2, 0.25) is 0 Å². The standard InChI is InChI=1S/C11H15BrF3N3/c1-3-18-8(9(12)7(2)17-18)6-16-10(4-5-10)11(13,14)15/h16H,3-6H2,1-2H3. The molecule has 0 aliphatic heterocycles. The third-order valence-electron chi connectivity index (χ3n) is 3.34. The predicted molar refractivity (Wildman–Crippen MR) is 65.2 cm³/mol. The van der Waals surface area contributed by atoms with E-state index >= 15 is 0 Å². The van der Waals surface area contributed by atoms with Crippen molar-refractivity contribution in [2.75, 3.05) is 0 Å². The Hall–Kier alpha value is -0.560. The van der Waals surface area contributed by atoms with Gasteiger partial charge in [-0.3, -0.25) is 10.00 Å². The van der Waals surface area contributed by atoms with Gasteiger partial charge in [-0.15, -0.1) is 0 Å². The first-order chi connectivity index (χ1) is 8.31. The van der Waals surface area contributed by atoms with Crippen LogP contribution in [0.5, 0.6) is 0 Å². The lowest BCUT2D eigenvalue weighted by atomic mass is 10.2. The van der Waals surface area contributed by atoms with Crippen LogP contribution in [-0.2, 0) is 13.1 Å². The van der Waals surface area contributed by atoms with Crippen molar-refractivity contribution in [3.05, 3.63) is 15.9 Å². The number of nitrogens with zero attached hydrogens (tertiary/aromatic N) is 2. The zero-order valence-electron chi connectivity index (χ0n) is 10.2. The van der Waals surface area contributed by atoms with Gasteiger partial charge < -0.3 is 0 Å². The van der Waals surface area contributed by atoms with Crippen molar-refractivity contribution in [3.8, 4) is 0 Å². The summed E-state index contributed by atoms with van der Waals surface area (Å²) in [7, 11) is 0. The summed E-state index contributed by atoms with van der Waals surface area (Å²) < 4.78 is 40.9. The van der Waals surface area contributed by atoms with Gasteiger partial charge in [-0.1, -0.05) is 0 Å². The zero-order chi connectivity index (χ0) is 13.6. The van der Waals surface area contributed by atoms with E-state index in [0.29, 0.717) is 6.54 Å². The van der Waals surface area contributed by atoms with Gasteiger partial charge in [0, 0.05) is 13.1 Å². The molecule has 0 spiro atoms. The smallest absolute Gasteiger partial charge is 0.298 e. The highest BCUT2D eigenvalue weighted by molar-refractivity contribution is 9.10. The fourth-order valence-electron chi connectivity index (χ4n) is 1.98.